The first-order valence-corrected chi connectivity index (χ1v) is 9.27. The van der Waals surface area contributed by atoms with Crippen LogP contribution in [0, 0.1) is 6.92 Å². The fraction of sp³-hybridized carbons (Fsp3) is 0.556. The van der Waals surface area contributed by atoms with E-state index in [1.807, 2.05) is 4.57 Å². The van der Waals surface area contributed by atoms with Gasteiger partial charge in [-0.2, -0.15) is 0 Å². The number of imidazole rings is 1. The summed E-state index contributed by atoms with van der Waals surface area (Å²) in [7, 11) is 0. The van der Waals surface area contributed by atoms with E-state index in [9.17, 15) is 9.59 Å². The smallest absolute Gasteiger partial charge is 0.287 e. The number of nitrogens with one attached hydrogen (secondary N) is 2. The van der Waals surface area contributed by atoms with E-state index in [2.05, 4.69) is 20.8 Å². The maximum atomic E-state index is 12.7. The first-order valence-electron chi connectivity index (χ1n) is 9.27. The average molecular weight is 357 g/mol. The van der Waals surface area contributed by atoms with Gasteiger partial charge in [-0.25, -0.2) is 4.98 Å². The molecule has 2 N–H and O–H groups in total. The van der Waals surface area contributed by atoms with Gasteiger partial charge < -0.3 is 19.7 Å². The quantitative estimate of drug-likeness (QED) is 0.875. The Kier molecular flexibility index (Phi) is 4.48. The molecule has 1 saturated carbocycles. The Morgan fingerprint density at radius 3 is 2.73 bits per heavy atom. The second-order valence-electron chi connectivity index (χ2n) is 7.07. The molecule has 8 heteroatoms. The van der Waals surface area contributed by atoms with Crippen LogP contribution in [-0.2, 0) is 13.0 Å². The van der Waals surface area contributed by atoms with E-state index in [1.165, 1.54) is 0 Å². The lowest BCUT2D eigenvalue weighted by atomic mass is 10.1. The van der Waals surface area contributed by atoms with Crippen LogP contribution in [0.15, 0.2) is 10.6 Å². The number of amides is 2. The Bertz CT molecular complexity index is 832. The second kappa shape index (κ2) is 6.93. The van der Waals surface area contributed by atoms with Crippen LogP contribution in [0.4, 0.5) is 5.82 Å². The summed E-state index contributed by atoms with van der Waals surface area (Å²) in [6.07, 6.45) is 7.03. The minimum absolute atomic E-state index is 0.184. The predicted molar refractivity (Wildman–Crippen MR) is 94.1 cm³/mol. The molecule has 1 fully saturated rings. The number of fused-ring (bicyclic) bond motifs is 1. The van der Waals surface area contributed by atoms with Crippen molar-refractivity contribution in [1.82, 2.24) is 20.0 Å². The van der Waals surface area contributed by atoms with Crippen molar-refractivity contribution in [2.75, 3.05) is 5.32 Å². The number of anilines is 1. The maximum absolute atomic E-state index is 12.7. The molecule has 0 aromatic carbocycles. The molecule has 0 radical (unpaired) electrons. The fourth-order valence-electron chi connectivity index (χ4n) is 3.82. The van der Waals surface area contributed by atoms with Gasteiger partial charge in [-0.05, 0) is 39.0 Å². The number of rotatable bonds is 4. The fourth-order valence-corrected chi connectivity index (χ4v) is 3.82. The van der Waals surface area contributed by atoms with E-state index in [1.54, 1.807) is 13.0 Å². The molecule has 3 heterocycles. The van der Waals surface area contributed by atoms with Gasteiger partial charge in [0, 0.05) is 18.7 Å². The van der Waals surface area contributed by atoms with Crippen LogP contribution in [0.2, 0.25) is 0 Å². The zero-order valence-electron chi connectivity index (χ0n) is 14.9. The van der Waals surface area contributed by atoms with Crippen LogP contribution >= 0.6 is 0 Å². The summed E-state index contributed by atoms with van der Waals surface area (Å²) < 4.78 is 6.88. The van der Waals surface area contributed by atoms with Gasteiger partial charge in [-0.15, -0.1) is 0 Å². The summed E-state index contributed by atoms with van der Waals surface area (Å²) in [5.41, 5.74) is 1.13. The van der Waals surface area contributed by atoms with Crippen molar-refractivity contribution in [1.29, 1.82) is 0 Å². The highest BCUT2D eigenvalue weighted by molar-refractivity contribution is 6.04. The minimum atomic E-state index is -0.358. The lowest BCUT2D eigenvalue weighted by Gasteiger charge is -2.18. The maximum Gasteiger partial charge on any atom is 0.287 e. The molecule has 1 aliphatic carbocycles. The predicted octanol–water partition coefficient (Wildman–Crippen LogP) is 2.44. The third kappa shape index (κ3) is 3.23. The van der Waals surface area contributed by atoms with Crippen molar-refractivity contribution in [2.45, 2.75) is 64.5 Å². The number of aryl methyl sites for hydroxylation is 1. The van der Waals surface area contributed by atoms with Gasteiger partial charge in [-0.3, -0.25) is 9.59 Å². The van der Waals surface area contributed by atoms with Crippen molar-refractivity contribution in [3.63, 3.8) is 0 Å². The van der Waals surface area contributed by atoms with Gasteiger partial charge in [0.15, 0.2) is 17.3 Å². The minimum Gasteiger partial charge on any atom is -0.360 e. The van der Waals surface area contributed by atoms with Crippen LogP contribution in [0.5, 0.6) is 0 Å². The summed E-state index contributed by atoms with van der Waals surface area (Å²) in [4.78, 5) is 29.8. The molecule has 2 aromatic heterocycles. The van der Waals surface area contributed by atoms with Crippen molar-refractivity contribution in [2.24, 2.45) is 0 Å². The Labute approximate surface area is 151 Å². The van der Waals surface area contributed by atoms with E-state index in [-0.39, 0.29) is 17.9 Å². The zero-order valence-corrected chi connectivity index (χ0v) is 14.9. The van der Waals surface area contributed by atoms with Crippen LogP contribution in [0.3, 0.4) is 0 Å². The van der Waals surface area contributed by atoms with Crippen molar-refractivity contribution < 1.29 is 14.1 Å². The largest absolute Gasteiger partial charge is 0.360 e. The van der Waals surface area contributed by atoms with E-state index in [4.69, 9.17) is 4.52 Å². The Morgan fingerprint density at radius 2 is 2.00 bits per heavy atom. The van der Waals surface area contributed by atoms with Crippen LogP contribution in [0.1, 0.15) is 71.1 Å². The van der Waals surface area contributed by atoms with Crippen molar-refractivity contribution >= 4 is 17.6 Å². The molecule has 0 saturated heterocycles. The lowest BCUT2D eigenvalue weighted by Crippen LogP contribution is -2.35. The van der Waals surface area contributed by atoms with Crippen LogP contribution < -0.4 is 10.6 Å². The highest BCUT2D eigenvalue weighted by Gasteiger charge is 2.29. The molecule has 2 amide bonds. The van der Waals surface area contributed by atoms with Gasteiger partial charge in [-0.1, -0.05) is 18.0 Å². The number of aromatic nitrogens is 3. The van der Waals surface area contributed by atoms with Gasteiger partial charge >= 0.3 is 0 Å². The monoisotopic (exact) mass is 357 g/mol. The van der Waals surface area contributed by atoms with E-state index < -0.39 is 0 Å². The zero-order chi connectivity index (χ0) is 18.1. The van der Waals surface area contributed by atoms with Gasteiger partial charge in [0.05, 0.1) is 5.69 Å². The molecule has 8 nitrogen and oxygen atoms in total. The Hall–Kier alpha value is -2.64. The summed E-state index contributed by atoms with van der Waals surface area (Å²) in [5, 5.41) is 9.56. The highest BCUT2D eigenvalue weighted by atomic mass is 16.5. The summed E-state index contributed by atoms with van der Waals surface area (Å²) >= 11 is 0. The molecule has 0 spiro atoms. The van der Waals surface area contributed by atoms with E-state index in [0.29, 0.717) is 29.6 Å². The Balaban J connectivity index is 1.59. The van der Waals surface area contributed by atoms with Crippen LogP contribution in [-0.4, -0.2) is 32.6 Å². The standard InChI is InChI=1S/C18H23N5O3/c1-11-10-14(22-26-11)20-17(24)15-13-8-4-5-9-23(13)16(21-15)18(25)19-12-6-2-3-7-12/h10,12H,2-9H2,1H3,(H,19,25)(H,20,22,24). The summed E-state index contributed by atoms with van der Waals surface area (Å²) in [5.74, 6) is 0.763. The summed E-state index contributed by atoms with van der Waals surface area (Å²) in [6, 6.07) is 1.86. The molecule has 0 bridgehead atoms. The molecule has 1 aliphatic heterocycles. The van der Waals surface area contributed by atoms with E-state index in [0.717, 1.165) is 50.6 Å². The molecular formula is C18H23N5O3. The van der Waals surface area contributed by atoms with Crippen LogP contribution in [0.25, 0.3) is 0 Å². The molecule has 2 aromatic rings. The van der Waals surface area contributed by atoms with Crippen molar-refractivity contribution in [3.05, 3.63) is 29.0 Å². The molecule has 0 unspecified atom stereocenters. The molecule has 26 heavy (non-hydrogen) atoms. The normalized spacial score (nSPS) is 17.1. The van der Waals surface area contributed by atoms with E-state index >= 15 is 0 Å². The highest BCUT2D eigenvalue weighted by Crippen LogP contribution is 2.23. The topological polar surface area (TPSA) is 102 Å². The molecule has 4 rings (SSSR count). The number of hydrogen-bond donors (Lipinski definition) is 2. The average Bonchev–Trinajstić information content (AvgIpc) is 3.35. The van der Waals surface area contributed by atoms with Gasteiger partial charge in [0.1, 0.15) is 5.76 Å². The number of carbonyl (C=O) groups excluding carboxylic acids is 2. The number of nitrogens with zero attached hydrogens (tertiary/aromatic N) is 3. The number of hydrogen-bond acceptors (Lipinski definition) is 5. The third-order valence-electron chi connectivity index (χ3n) is 5.10. The molecule has 0 atom stereocenters. The van der Waals surface area contributed by atoms with Crippen molar-refractivity contribution in [3.8, 4) is 0 Å². The SMILES string of the molecule is Cc1cc(NC(=O)c2nc(C(=O)NC3CCCC3)n3c2CCCC3)no1. The third-order valence-corrected chi connectivity index (χ3v) is 5.10. The number of carbonyl (C=O) groups is 2. The molecular weight excluding hydrogens is 334 g/mol. The first-order chi connectivity index (χ1) is 12.6. The molecule has 138 valence electrons. The summed E-state index contributed by atoms with van der Waals surface area (Å²) in [6.45, 7) is 2.47. The lowest BCUT2D eigenvalue weighted by molar-refractivity contribution is 0.0921. The molecule has 2 aliphatic rings. The second-order valence-corrected chi connectivity index (χ2v) is 7.07. The first kappa shape index (κ1) is 16.8. The van der Waals surface area contributed by atoms with Gasteiger partial charge in [0.2, 0.25) is 0 Å². The Morgan fingerprint density at radius 1 is 1.19 bits per heavy atom. The van der Waals surface area contributed by atoms with Gasteiger partial charge in [0.25, 0.3) is 11.8 Å².